The van der Waals surface area contributed by atoms with Gasteiger partial charge in [-0.1, -0.05) is 115 Å². The molecule has 2 heteroatoms. The lowest BCUT2D eigenvalue weighted by atomic mass is 9.82. The molecule has 0 fully saturated rings. The maximum Gasteiger partial charge on any atom is 0.0465 e. The summed E-state index contributed by atoms with van der Waals surface area (Å²) in [5.74, 6) is 0. The molecule has 0 unspecified atom stereocenters. The van der Waals surface area contributed by atoms with Crippen molar-refractivity contribution in [1.82, 2.24) is 0 Å². The minimum atomic E-state index is -0.0501. The quantitative estimate of drug-likeness (QED) is 0.205. The molecule has 0 aromatic heterocycles. The topological polar surface area (TPSA) is 3.24 Å². The number of hydrogen-bond donors (Lipinski definition) is 0. The molecule has 6 aromatic rings. The van der Waals surface area contributed by atoms with Crippen molar-refractivity contribution < 1.29 is 0 Å². The third kappa shape index (κ3) is 3.99. The van der Waals surface area contributed by atoms with Crippen molar-refractivity contribution >= 4 is 43.8 Å². The maximum absolute atomic E-state index is 3.62. The fraction of sp³-hybridized carbons (Fsp3) is 0.0811. The fourth-order valence-corrected chi connectivity index (χ4v) is 6.40. The van der Waals surface area contributed by atoms with Crippen LogP contribution in [0.2, 0.25) is 0 Å². The first kappa shape index (κ1) is 23.9. The molecule has 39 heavy (non-hydrogen) atoms. The molecule has 1 nitrogen and oxygen atoms in total. The van der Waals surface area contributed by atoms with Gasteiger partial charge in [0, 0.05) is 26.9 Å². The highest BCUT2D eigenvalue weighted by molar-refractivity contribution is 9.10. The monoisotopic (exact) mass is 565 g/mol. The van der Waals surface area contributed by atoms with Crippen LogP contribution in [0.15, 0.2) is 138 Å². The molecule has 1 aliphatic rings. The Kier molecular flexibility index (Phi) is 5.68. The second kappa shape index (κ2) is 9.25. The van der Waals surface area contributed by atoms with E-state index in [9.17, 15) is 0 Å². The number of rotatable bonds is 4. The van der Waals surface area contributed by atoms with Crippen molar-refractivity contribution in [2.45, 2.75) is 19.3 Å². The van der Waals surface area contributed by atoms with Crippen molar-refractivity contribution in [3.05, 3.63) is 149 Å². The lowest BCUT2D eigenvalue weighted by Crippen LogP contribution is -2.16. The molecule has 188 valence electrons. The second-order valence-electron chi connectivity index (χ2n) is 10.8. The van der Waals surface area contributed by atoms with Gasteiger partial charge in [0.25, 0.3) is 0 Å². The largest absolute Gasteiger partial charge is 0.310 e. The Balaban J connectivity index is 1.35. The van der Waals surface area contributed by atoms with Crippen molar-refractivity contribution in [3.8, 4) is 22.3 Å². The molecule has 7 rings (SSSR count). The zero-order chi connectivity index (χ0) is 26.6. The molecule has 0 atom stereocenters. The Morgan fingerprint density at radius 1 is 0.513 bits per heavy atom. The van der Waals surface area contributed by atoms with E-state index in [0.717, 1.165) is 21.5 Å². The summed E-state index contributed by atoms with van der Waals surface area (Å²) in [6.45, 7) is 4.68. The average Bonchev–Trinajstić information content (AvgIpc) is 3.20. The molecular formula is C37H28BrN. The Hall–Kier alpha value is -4.14. The highest BCUT2D eigenvalue weighted by Gasteiger charge is 2.35. The summed E-state index contributed by atoms with van der Waals surface area (Å²) in [6, 6.07) is 48.4. The number of anilines is 3. The summed E-state index contributed by atoms with van der Waals surface area (Å²) in [6.07, 6.45) is 0. The molecule has 0 amide bonds. The van der Waals surface area contributed by atoms with Crippen LogP contribution in [-0.4, -0.2) is 0 Å². The number of fused-ring (bicyclic) bond motifs is 4. The summed E-state index contributed by atoms with van der Waals surface area (Å²) in [7, 11) is 0. The molecule has 6 aromatic carbocycles. The highest BCUT2D eigenvalue weighted by atomic mass is 79.9. The summed E-state index contributed by atoms with van der Waals surface area (Å²) in [5.41, 5.74) is 11.3. The Morgan fingerprint density at radius 2 is 1.10 bits per heavy atom. The van der Waals surface area contributed by atoms with Gasteiger partial charge >= 0.3 is 0 Å². The summed E-state index contributed by atoms with van der Waals surface area (Å²) < 4.78 is 1.07. The smallest absolute Gasteiger partial charge is 0.0465 e. The Bertz CT molecular complexity index is 1830. The number of halogens is 1. The van der Waals surface area contributed by atoms with Crippen LogP contribution in [-0.2, 0) is 5.41 Å². The zero-order valence-electron chi connectivity index (χ0n) is 22.0. The van der Waals surface area contributed by atoms with E-state index < -0.39 is 0 Å². The lowest BCUT2D eigenvalue weighted by Gasteiger charge is -2.28. The minimum absolute atomic E-state index is 0.0501. The van der Waals surface area contributed by atoms with Crippen LogP contribution in [0.4, 0.5) is 17.1 Å². The van der Waals surface area contributed by atoms with Crippen molar-refractivity contribution in [1.29, 1.82) is 0 Å². The van der Waals surface area contributed by atoms with Gasteiger partial charge in [0.05, 0.1) is 0 Å². The van der Waals surface area contributed by atoms with Gasteiger partial charge in [0.15, 0.2) is 0 Å². The molecule has 0 N–H and O–H groups in total. The lowest BCUT2D eigenvalue weighted by molar-refractivity contribution is 0.660. The van der Waals surface area contributed by atoms with Gasteiger partial charge in [-0.05, 0) is 92.7 Å². The standard InChI is InChI=1S/C37H28BrN/c1-37(2)35-13-6-5-11-33(35)34-23-22-30(24-36(34)37)39(29-20-16-27(38)17-21-29)28-18-14-26(15-19-28)32-12-7-9-25-8-3-4-10-31(25)32/h3-24H,1-2H3. The van der Waals surface area contributed by atoms with E-state index >= 15 is 0 Å². The maximum atomic E-state index is 3.62. The third-order valence-electron chi connectivity index (χ3n) is 8.14. The predicted octanol–water partition coefficient (Wildman–Crippen LogP) is 11.0. The molecule has 0 spiro atoms. The van der Waals surface area contributed by atoms with Crippen LogP contribution in [0.25, 0.3) is 33.0 Å². The van der Waals surface area contributed by atoms with E-state index in [-0.39, 0.29) is 5.41 Å². The second-order valence-corrected chi connectivity index (χ2v) is 11.7. The van der Waals surface area contributed by atoms with Crippen LogP contribution < -0.4 is 4.90 Å². The van der Waals surface area contributed by atoms with Gasteiger partial charge in [-0.25, -0.2) is 0 Å². The third-order valence-corrected chi connectivity index (χ3v) is 8.66. The molecule has 1 aliphatic carbocycles. The normalized spacial score (nSPS) is 13.2. The molecule has 0 aliphatic heterocycles. The SMILES string of the molecule is CC1(C)c2ccccc2-c2ccc(N(c3ccc(Br)cc3)c3ccc(-c4cccc5ccccc45)cc3)cc21. The molecule has 0 saturated carbocycles. The Labute approximate surface area is 238 Å². The first-order valence-electron chi connectivity index (χ1n) is 13.4. The Morgan fingerprint density at radius 3 is 1.90 bits per heavy atom. The summed E-state index contributed by atoms with van der Waals surface area (Å²) in [4.78, 5) is 2.36. The van der Waals surface area contributed by atoms with E-state index in [0.29, 0.717) is 0 Å². The van der Waals surface area contributed by atoms with Crippen LogP contribution in [0, 0.1) is 0 Å². The average molecular weight is 567 g/mol. The van der Waals surface area contributed by atoms with Crippen molar-refractivity contribution in [2.24, 2.45) is 0 Å². The van der Waals surface area contributed by atoms with Gasteiger partial charge in [-0.2, -0.15) is 0 Å². The van der Waals surface area contributed by atoms with Gasteiger partial charge in [-0.3, -0.25) is 0 Å². The van der Waals surface area contributed by atoms with Crippen LogP contribution >= 0.6 is 15.9 Å². The van der Waals surface area contributed by atoms with Crippen LogP contribution in [0.5, 0.6) is 0 Å². The molecule has 0 radical (unpaired) electrons. The van der Waals surface area contributed by atoms with Crippen molar-refractivity contribution in [3.63, 3.8) is 0 Å². The molecule has 0 bridgehead atoms. The number of hydrogen-bond acceptors (Lipinski definition) is 1. The summed E-state index contributed by atoms with van der Waals surface area (Å²) in [5, 5.41) is 2.54. The van der Waals surface area contributed by atoms with Crippen molar-refractivity contribution in [2.75, 3.05) is 4.90 Å². The van der Waals surface area contributed by atoms with E-state index in [4.69, 9.17) is 0 Å². The van der Waals surface area contributed by atoms with E-state index in [1.54, 1.807) is 0 Å². The number of benzene rings is 6. The van der Waals surface area contributed by atoms with Gasteiger partial charge in [0.1, 0.15) is 0 Å². The van der Waals surface area contributed by atoms with E-state index in [1.165, 1.54) is 44.2 Å². The zero-order valence-corrected chi connectivity index (χ0v) is 23.6. The van der Waals surface area contributed by atoms with Crippen LogP contribution in [0.3, 0.4) is 0 Å². The minimum Gasteiger partial charge on any atom is -0.310 e. The van der Waals surface area contributed by atoms with E-state index in [1.807, 2.05) is 0 Å². The molecular weight excluding hydrogens is 538 g/mol. The number of nitrogens with zero attached hydrogens (tertiary/aromatic N) is 1. The highest BCUT2D eigenvalue weighted by Crippen LogP contribution is 2.50. The molecule has 0 saturated heterocycles. The van der Waals surface area contributed by atoms with Gasteiger partial charge < -0.3 is 4.90 Å². The predicted molar refractivity (Wildman–Crippen MR) is 169 cm³/mol. The molecule has 0 heterocycles. The first-order chi connectivity index (χ1) is 19.0. The van der Waals surface area contributed by atoms with Crippen LogP contribution in [0.1, 0.15) is 25.0 Å². The van der Waals surface area contributed by atoms with E-state index in [2.05, 4.69) is 168 Å². The fourth-order valence-electron chi connectivity index (χ4n) is 6.14. The first-order valence-corrected chi connectivity index (χ1v) is 14.2. The van der Waals surface area contributed by atoms with Gasteiger partial charge in [0.2, 0.25) is 0 Å². The van der Waals surface area contributed by atoms with Gasteiger partial charge in [-0.15, -0.1) is 0 Å². The summed E-state index contributed by atoms with van der Waals surface area (Å²) >= 11 is 3.62.